The normalized spacial score (nSPS) is 11.2. The van der Waals surface area contributed by atoms with Crippen LogP contribution in [0.4, 0.5) is 0 Å². The van der Waals surface area contributed by atoms with Crippen LogP contribution in [-0.4, -0.2) is 30.8 Å². The number of nitrogens with zero attached hydrogens (tertiary/aromatic N) is 4. The highest BCUT2D eigenvalue weighted by Gasteiger charge is 2.19. The molecule has 0 fully saturated rings. The van der Waals surface area contributed by atoms with Gasteiger partial charge in [0.2, 0.25) is 11.7 Å². The van der Waals surface area contributed by atoms with Gasteiger partial charge in [-0.25, -0.2) is 4.57 Å². The first kappa shape index (κ1) is 22.2. The van der Waals surface area contributed by atoms with Crippen molar-refractivity contribution in [2.75, 3.05) is 5.75 Å². The topological polar surface area (TPSA) is 81.3 Å². The van der Waals surface area contributed by atoms with Gasteiger partial charge in [-0.15, -0.1) is 10.2 Å². The van der Waals surface area contributed by atoms with Crippen molar-refractivity contribution in [2.45, 2.75) is 18.6 Å². The van der Waals surface area contributed by atoms with Gasteiger partial charge >= 0.3 is 0 Å². The highest BCUT2D eigenvalue weighted by atomic mass is 35.5. The number of carbonyl (C=O) groups is 1. The van der Waals surface area contributed by atoms with E-state index in [9.17, 15) is 9.59 Å². The number of aromatic nitrogens is 4. The average Bonchev–Trinajstić information content (AvgIpc) is 3.27. The standard InChI is InChI=1S/C25H20ClN5O2S/c1-16-6-2-4-8-20(16)30-23(33)19-7-3-5-9-21(19)31-24(30)28-29-25(31)34-15-22(32)27-14-17-10-12-18(26)13-11-17/h2-13H,14-15H2,1H3,(H,27,32). The van der Waals surface area contributed by atoms with Crippen LogP contribution >= 0.6 is 23.4 Å². The molecular formula is C25H20ClN5O2S. The van der Waals surface area contributed by atoms with Crippen molar-refractivity contribution in [3.05, 3.63) is 99.3 Å². The van der Waals surface area contributed by atoms with E-state index >= 15 is 0 Å². The summed E-state index contributed by atoms with van der Waals surface area (Å²) in [5.41, 5.74) is 3.18. The summed E-state index contributed by atoms with van der Waals surface area (Å²) in [7, 11) is 0. The molecule has 0 radical (unpaired) electrons. The monoisotopic (exact) mass is 489 g/mol. The predicted molar refractivity (Wildman–Crippen MR) is 135 cm³/mol. The lowest BCUT2D eigenvalue weighted by molar-refractivity contribution is -0.118. The Hall–Kier alpha value is -3.62. The number of rotatable bonds is 6. The lowest BCUT2D eigenvalue weighted by Gasteiger charge is -2.13. The number of halogens is 1. The maximum absolute atomic E-state index is 13.4. The Morgan fingerprint density at radius 3 is 2.53 bits per heavy atom. The highest BCUT2D eigenvalue weighted by Crippen LogP contribution is 2.24. The summed E-state index contributed by atoms with van der Waals surface area (Å²) in [5.74, 6) is 0.432. The van der Waals surface area contributed by atoms with Crippen LogP contribution in [0, 0.1) is 6.92 Å². The van der Waals surface area contributed by atoms with Crippen LogP contribution in [0.1, 0.15) is 11.1 Å². The fourth-order valence-electron chi connectivity index (χ4n) is 3.79. The molecule has 34 heavy (non-hydrogen) atoms. The minimum absolute atomic E-state index is 0.131. The molecule has 0 aliphatic carbocycles. The Labute approximate surface area is 204 Å². The first-order valence-corrected chi connectivity index (χ1v) is 12.0. The number of nitrogens with one attached hydrogen (secondary N) is 1. The first-order valence-electron chi connectivity index (χ1n) is 10.6. The van der Waals surface area contributed by atoms with Gasteiger partial charge in [-0.05, 0) is 48.4 Å². The Kier molecular flexibility index (Phi) is 6.08. The van der Waals surface area contributed by atoms with Crippen LogP contribution in [0.5, 0.6) is 0 Å². The number of para-hydroxylation sites is 2. The lowest BCUT2D eigenvalue weighted by Crippen LogP contribution is -2.25. The molecule has 3 aromatic carbocycles. The van der Waals surface area contributed by atoms with Gasteiger partial charge < -0.3 is 5.32 Å². The molecule has 1 amide bonds. The number of thioether (sulfide) groups is 1. The molecule has 2 aromatic heterocycles. The number of hydrogen-bond donors (Lipinski definition) is 1. The minimum atomic E-state index is -0.165. The second-order valence-corrected chi connectivity index (χ2v) is 9.13. The van der Waals surface area contributed by atoms with Crippen molar-refractivity contribution in [1.82, 2.24) is 24.5 Å². The summed E-state index contributed by atoms with van der Waals surface area (Å²) in [5, 5.41) is 13.3. The van der Waals surface area contributed by atoms with E-state index in [1.54, 1.807) is 22.8 Å². The lowest BCUT2D eigenvalue weighted by atomic mass is 10.2. The fraction of sp³-hybridized carbons (Fsp3) is 0.120. The average molecular weight is 490 g/mol. The maximum atomic E-state index is 13.4. The van der Waals surface area contributed by atoms with Crippen LogP contribution in [0.3, 0.4) is 0 Å². The van der Waals surface area contributed by atoms with Gasteiger partial charge in [0, 0.05) is 11.6 Å². The third-order valence-corrected chi connectivity index (χ3v) is 6.67. The zero-order valence-corrected chi connectivity index (χ0v) is 19.8. The summed E-state index contributed by atoms with van der Waals surface area (Å²) in [6.07, 6.45) is 0. The third-order valence-electron chi connectivity index (χ3n) is 5.49. The largest absolute Gasteiger partial charge is 0.351 e. The van der Waals surface area contributed by atoms with Crippen LogP contribution < -0.4 is 10.9 Å². The molecule has 0 spiro atoms. The maximum Gasteiger partial charge on any atom is 0.267 e. The van der Waals surface area contributed by atoms with E-state index in [2.05, 4.69) is 15.5 Å². The van der Waals surface area contributed by atoms with Gasteiger partial charge in [-0.1, -0.05) is 65.8 Å². The van der Waals surface area contributed by atoms with E-state index < -0.39 is 0 Å². The molecule has 0 saturated heterocycles. The van der Waals surface area contributed by atoms with E-state index in [1.165, 1.54) is 11.8 Å². The molecule has 7 nitrogen and oxygen atoms in total. The van der Waals surface area contributed by atoms with Crippen molar-refractivity contribution in [2.24, 2.45) is 0 Å². The number of aryl methyl sites for hydroxylation is 1. The Bertz CT molecular complexity index is 1580. The molecule has 0 unspecified atom stereocenters. The smallest absolute Gasteiger partial charge is 0.267 e. The number of amides is 1. The molecule has 2 heterocycles. The van der Waals surface area contributed by atoms with E-state index in [-0.39, 0.29) is 17.2 Å². The number of benzene rings is 3. The summed E-state index contributed by atoms with van der Waals surface area (Å²) < 4.78 is 3.41. The van der Waals surface area contributed by atoms with Gasteiger partial charge in [0.05, 0.1) is 22.3 Å². The van der Waals surface area contributed by atoms with Crippen molar-refractivity contribution in [3.63, 3.8) is 0 Å². The molecule has 5 aromatic rings. The molecule has 0 aliphatic heterocycles. The molecule has 9 heteroatoms. The molecule has 170 valence electrons. The SMILES string of the molecule is Cc1ccccc1-n1c(=O)c2ccccc2n2c(SCC(=O)NCc3ccc(Cl)cc3)nnc12. The summed E-state index contributed by atoms with van der Waals surface area (Å²) in [4.78, 5) is 25.9. The van der Waals surface area contributed by atoms with Crippen LogP contribution in [0.2, 0.25) is 5.02 Å². The van der Waals surface area contributed by atoms with E-state index in [4.69, 9.17) is 11.6 Å². The molecule has 0 saturated carbocycles. The van der Waals surface area contributed by atoms with Gasteiger partial charge in [0.1, 0.15) is 0 Å². The molecular weight excluding hydrogens is 470 g/mol. The van der Waals surface area contributed by atoms with Crippen LogP contribution in [0.15, 0.2) is 82.7 Å². The predicted octanol–water partition coefficient (Wildman–Crippen LogP) is 4.40. The van der Waals surface area contributed by atoms with Crippen molar-refractivity contribution in [1.29, 1.82) is 0 Å². The quantitative estimate of drug-likeness (QED) is 0.357. The van der Waals surface area contributed by atoms with Crippen LogP contribution in [0.25, 0.3) is 22.4 Å². The zero-order chi connectivity index (χ0) is 23.7. The Morgan fingerprint density at radius 1 is 1.00 bits per heavy atom. The molecule has 0 aliphatic rings. The van der Waals surface area contributed by atoms with E-state index in [0.717, 1.165) is 16.8 Å². The molecule has 5 rings (SSSR count). The van der Waals surface area contributed by atoms with E-state index in [0.29, 0.717) is 33.4 Å². The summed E-state index contributed by atoms with van der Waals surface area (Å²) in [6, 6.07) is 22.3. The van der Waals surface area contributed by atoms with Gasteiger partial charge in [-0.3, -0.25) is 14.0 Å². The Morgan fingerprint density at radius 2 is 1.74 bits per heavy atom. The van der Waals surface area contributed by atoms with Crippen molar-refractivity contribution in [3.8, 4) is 5.69 Å². The molecule has 0 atom stereocenters. The number of fused-ring (bicyclic) bond motifs is 3. The molecule has 0 bridgehead atoms. The second-order valence-electron chi connectivity index (χ2n) is 7.75. The third kappa shape index (κ3) is 4.18. The second kappa shape index (κ2) is 9.32. The molecule has 1 N–H and O–H groups in total. The van der Waals surface area contributed by atoms with E-state index in [1.807, 2.05) is 65.9 Å². The zero-order valence-electron chi connectivity index (χ0n) is 18.2. The van der Waals surface area contributed by atoms with Gasteiger partial charge in [-0.2, -0.15) is 0 Å². The summed E-state index contributed by atoms with van der Waals surface area (Å²) in [6.45, 7) is 2.36. The minimum Gasteiger partial charge on any atom is -0.351 e. The number of carbonyl (C=O) groups excluding carboxylic acids is 1. The summed E-state index contributed by atoms with van der Waals surface area (Å²) >= 11 is 7.18. The van der Waals surface area contributed by atoms with Crippen molar-refractivity contribution < 1.29 is 4.79 Å². The van der Waals surface area contributed by atoms with Gasteiger partial charge in [0.25, 0.3) is 5.56 Å². The Balaban J connectivity index is 1.48. The highest BCUT2D eigenvalue weighted by molar-refractivity contribution is 7.99. The van der Waals surface area contributed by atoms with Gasteiger partial charge in [0.15, 0.2) is 5.16 Å². The van der Waals surface area contributed by atoms with Crippen LogP contribution in [-0.2, 0) is 11.3 Å². The fourth-order valence-corrected chi connectivity index (χ4v) is 4.68. The number of hydrogen-bond acceptors (Lipinski definition) is 5. The first-order chi connectivity index (χ1) is 16.5. The van der Waals surface area contributed by atoms with Crippen molar-refractivity contribution >= 4 is 46.0 Å².